The average Bonchev–Trinajstić information content (AvgIpc) is 2.84. The van der Waals surface area contributed by atoms with Crippen LogP contribution in [0.15, 0.2) is 30.3 Å². The number of carbonyl (C=O) groups is 1. The van der Waals surface area contributed by atoms with Gasteiger partial charge in [0.2, 0.25) is 0 Å². The normalized spacial score (nSPS) is 20.3. The largest absolute Gasteiger partial charge is 0.444 e. The number of nitrogens with zero attached hydrogens (tertiary/aromatic N) is 1. The third-order valence-corrected chi connectivity index (χ3v) is 3.78. The maximum atomic E-state index is 11.8. The minimum atomic E-state index is -0.478. The van der Waals surface area contributed by atoms with Crippen molar-refractivity contribution < 1.29 is 14.6 Å². The highest BCUT2D eigenvalue weighted by atomic mass is 16.6. The molecular formula is C18H28N2O3. The SMILES string of the molecule is CC(C)(C)OC(=O)NC1CCN(CC(O)Cc2ccccc2)C1. The Kier molecular flexibility index (Phi) is 6.02. The third-order valence-electron chi connectivity index (χ3n) is 3.78. The molecule has 1 saturated heterocycles. The molecule has 128 valence electrons. The van der Waals surface area contributed by atoms with Gasteiger partial charge in [-0.25, -0.2) is 4.79 Å². The molecule has 0 saturated carbocycles. The van der Waals surface area contributed by atoms with E-state index in [1.54, 1.807) is 0 Å². The van der Waals surface area contributed by atoms with E-state index in [2.05, 4.69) is 10.2 Å². The Morgan fingerprint density at radius 1 is 1.39 bits per heavy atom. The molecule has 1 aromatic rings. The monoisotopic (exact) mass is 320 g/mol. The van der Waals surface area contributed by atoms with Crippen LogP contribution in [0.4, 0.5) is 4.79 Å². The fourth-order valence-corrected chi connectivity index (χ4v) is 2.84. The molecule has 2 atom stereocenters. The second-order valence-electron chi connectivity index (χ2n) is 7.23. The highest BCUT2D eigenvalue weighted by molar-refractivity contribution is 5.68. The minimum Gasteiger partial charge on any atom is -0.444 e. The molecule has 0 radical (unpaired) electrons. The Morgan fingerprint density at radius 2 is 2.09 bits per heavy atom. The van der Waals surface area contributed by atoms with E-state index >= 15 is 0 Å². The predicted octanol–water partition coefficient (Wildman–Crippen LogP) is 2.19. The van der Waals surface area contributed by atoms with Gasteiger partial charge < -0.3 is 15.2 Å². The quantitative estimate of drug-likeness (QED) is 0.873. The first-order valence-electron chi connectivity index (χ1n) is 8.26. The van der Waals surface area contributed by atoms with Gasteiger partial charge in [0.05, 0.1) is 6.10 Å². The zero-order valence-corrected chi connectivity index (χ0v) is 14.3. The number of hydrogen-bond donors (Lipinski definition) is 2. The van der Waals surface area contributed by atoms with Crippen molar-refractivity contribution in [3.05, 3.63) is 35.9 Å². The zero-order chi connectivity index (χ0) is 16.9. The highest BCUT2D eigenvalue weighted by Gasteiger charge is 2.27. The fraction of sp³-hybridized carbons (Fsp3) is 0.611. The van der Waals surface area contributed by atoms with Gasteiger partial charge in [0.25, 0.3) is 0 Å². The molecule has 23 heavy (non-hydrogen) atoms. The summed E-state index contributed by atoms with van der Waals surface area (Å²) in [6, 6.07) is 10.1. The standard InChI is InChI=1S/C18H28N2O3/c1-18(2,3)23-17(22)19-15-9-10-20(12-15)13-16(21)11-14-7-5-4-6-8-14/h4-8,15-16,21H,9-13H2,1-3H3,(H,19,22). The highest BCUT2D eigenvalue weighted by Crippen LogP contribution is 2.13. The summed E-state index contributed by atoms with van der Waals surface area (Å²) in [5.41, 5.74) is 0.663. The van der Waals surface area contributed by atoms with Crippen molar-refractivity contribution in [3.8, 4) is 0 Å². The molecule has 2 N–H and O–H groups in total. The minimum absolute atomic E-state index is 0.0915. The molecule has 1 heterocycles. The van der Waals surface area contributed by atoms with E-state index in [4.69, 9.17) is 4.74 Å². The lowest BCUT2D eigenvalue weighted by Gasteiger charge is -2.22. The van der Waals surface area contributed by atoms with Crippen molar-refractivity contribution in [2.75, 3.05) is 19.6 Å². The molecule has 0 spiro atoms. The van der Waals surface area contributed by atoms with E-state index in [0.717, 1.165) is 25.1 Å². The van der Waals surface area contributed by atoms with Crippen molar-refractivity contribution in [3.63, 3.8) is 0 Å². The third kappa shape index (κ3) is 6.59. The van der Waals surface area contributed by atoms with Crippen LogP contribution in [0.25, 0.3) is 0 Å². The van der Waals surface area contributed by atoms with Gasteiger partial charge in [-0.1, -0.05) is 30.3 Å². The molecule has 1 aliphatic rings. The fourth-order valence-electron chi connectivity index (χ4n) is 2.84. The Balaban J connectivity index is 1.71. The smallest absolute Gasteiger partial charge is 0.407 e. The van der Waals surface area contributed by atoms with Crippen molar-refractivity contribution in [2.45, 2.75) is 51.4 Å². The Morgan fingerprint density at radius 3 is 2.74 bits per heavy atom. The summed E-state index contributed by atoms with van der Waals surface area (Å²) in [6.07, 6.45) is 0.783. The summed E-state index contributed by atoms with van der Waals surface area (Å²) in [7, 11) is 0. The summed E-state index contributed by atoms with van der Waals surface area (Å²) in [4.78, 5) is 14.0. The number of likely N-dealkylation sites (tertiary alicyclic amines) is 1. The molecule has 5 nitrogen and oxygen atoms in total. The lowest BCUT2D eigenvalue weighted by atomic mass is 10.1. The van der Waals surface area contributed by atoms with E-state index in [1.165, 1.54) is 0 Å². The topological polar surface area (TPSA) is 61.8 Å². The number of amides is 1. The molecule has 5 heteroatoms. The van der Waals surface area contributed by atoms with Crippen LogP contribution >= 0.6 is 0 Å². The molecule has 0 aromatic heterocycles. The van der Waals surface area contributed by atoms with Crippen LogP contribution in [0, 0.1) is 0 Å². The van der Waals surface area contributed by atoms with Gasteiger partial charge in [-0.2, -0.15) is 0 Å². The van der Waals surface area contributed by atoms with Crippen LogP contribution in [0.3, 0.4) is 0 Å². The number of hydrogen-bond acceptors (Lipinski definition) is 4. The molecule has 1 fully saturated rings. The summed E-state index contributed by atoms with van der Waals surface area (Å²) in [6.45, 7) is 7.83. The van der Waals surface area contributed by atoms with Gasteiger partial charge in [0.15, 0.2) is 0 Å². The molecular weight excluding hydrogens is 292 g/mol. The van der Waals surface area contributed by atoms with Crippen molar-refractivity contribution >= 4 is 6.09 Å². The molecule has 1 aromatic carbocycles. The van der Waals surface area contributed by atoms with E-state index in [9.17, 15) is 9.90 Å². The number of rotatable bonds is 5. The number of benzene rings is 1. The molecule has 2 rings (SSSR count). The number of ether oxygens (including phenoxy) is 1. The second kappa shape index (κ2) is 7.79. The van der Waals surface area contributed by atoms with E-state index in [-0.39, 0.29) is 12.1 Å². The lowest BCUT2D eigenvalue weighted by Crippen LogP contribution is -2.41. The van der Waals surface area contributed by atoms with Gasteiger partial charge in [0.1, 0.15) is 5.60 Å². The van der Waals surface area contributed by atoms with Gasteiger partial charge in [-0.15, -0.1) is 0 Å². The number of carbonyl (C=O) groups excluding carboxylic acids is 1. The number of aliphatic hydroxyl groups is 1. The number of nitrogens with one attached hydrogen (secondary N) is 1. The lowest BCUT2D eigenvalue weighted by molar-refractivity contribution is 0.0504. The van der Waals surface area contributed by atoms with Gasteiger partial charge in [0, 0.05) is 25.7 Å². The van der Waals surface area contributed by atoms with E-state index in [0.29, 0.717) is 13.0 Å². The van der Waals surface area contributed by atoms with Crippen LogP contribution in [-0.4, -0.2) is 53.5 Å². The molecule has 1 aliphatic heterocycles. The molecule has 0 bridgehead atoms. The van der Waals surface area contributed by atoms with Crippen LogP contribution in [-0.2, 0) is 11.2 Å². The average molecular weight is 320 g/mol. The van der Waals surface area contributed by atoms with Crippen LogP contribution in [0.2, 0.25) is 0 Å². The van der Waals surface area contributed by atoms with Crippen LogP contribution < -0.4 is 5.32 Å². The van der Waals surface area contributed by atoms with E-state index < -0.39 is 11.7 Å². The molecule has 0 aliphatic carbocycles. The van der Waals surface area contributed by atoms with E-state index in [1.807, 2.05) is 51.1 Å². The number of β-amino-alcohol motifs (C(OH)–C–C–N with tert-alkyl or cyclic N) is 1. The van der Waals surface area contributed by atoms with Gasteiger partial charge >= 0.3 is 6.09 Å². The summed E-state index contributed by atoms with van der Waals surface area (Å²) < 4.78 is 5.28. The first kappa shape index (κ1) is 17.8. The number of alkyl carbamates (subject to hydrolysis) is 1. The van der Waals surface area contributed by atoms with Gasteiger partial charge in [-0.3, -0.25) is 4.90 Å². The maximum Gasteiger partial charge on any atom is 0.407 e. The van der Waals surface area contributed by atoms with Crippen molar-refractivity contribution in [1.82, 2.24) is 10.2 Å². The zero-order valence-electron chi connectivity index (χ0n) is 14.3. The van der Waals surface area contributed by atoms with Crippen molar-refractivity contribution in [2.24, 2.45) is 0 Å². The summed E-state index contributed by atoms with van der Waals surface area (Å²) in [5.74, 6) is 0. The van der Waals surface area contributed by atoms with Gasteiger partial charge in [-0.05, 0) is 39.2 Å². The first-order chi connectivity index (χ1) is 10.8. The summed E-state index contributed by atoms with van der Waals surface area (Å²) >= 11 is 0. The van der Waals surface area contributed by atoms with Crippen molar-refractivity contribution in [1.29, 1.82) is 0 Å². The Bertz CT molecular complexity index is 499. The summed E-state index contributed by atoms with van der Waals surface area (Å²) in [5, 5.41) is 13.1. The first-order valence-corrected chi connectivity index (χ1v) is 8.26. The molecule has 2 unspecified atom stereocenters. The Labute approximate surface area is 138 Å². The second-order valence-corrected chi connectivity index (χ2v) is 7.23. The van der Waals surface area contributed by atoms with Crippen LogP contribution in [0.1, 0.15) is 32.8 Å². The maximum absolute atomic E-state index is 11.8. The van der Waals surface area contributed by atoms with Crippen LogP contribution in [0.5, 0.6) is 0 Å². The Hall–Kier alpha value is -1.59. The number of aliphatic hydroxyl groups excluding tert-OH is 1. The molecule has 1 amide bonds. The predicted molar refractivity (Wildman–Crippen MR) is 90.4 cm³/mol.